The van der Waals surface area contributed by atoms with E-state index in [9.17, 15) is 4.79 Å². The molecule has 2 rings (SSSR count). The van der Waals surface area contributed by atoms with Gasteiger partial charge in [0, 0.05) is 5.56 Å². The highest BCUT2D eigenvalue weighted by atomic mass is 16.5. The second-order valence-corrected chi connectivity index (χ2v) is 3.87. The highest BCUT2D eigenvalue weighted by Gasteiger charge is 2.10. The lowest BCUT2D eigenvalue weighted by Crippen LogP contribution is -2.35. The molecule has 0 bridgehead atoms. The first kappa shape index (κ1) is 12.1. The van der Waals surface area contributed by atoms with Gasteiger partial charge in [0.05, 0.1) is 13.5 Å². The zero-order chi connectivity index (χ0) is 13.0. The number of hydrogen-bond donors (Lipinski definition) is 1. The summed E-state index contributed by atoms with van der Waals surface area (Å²) in [7, 11) is 1.38. The Morgan fingerprint density at radius 2 is 2.06 bits per heavy atom. The monoisotopic (exact) mass is 248 g/mol. The van der Waals surface area contributed by atoms with Gasteiger partial charge in [-0.1, -0.05) is 24.3 Å². The normalized spacial score (nSPS) is 10.3. The Labute approximate surface area is 104 Å². The lowest BCUT2D eigenvalue weighted by atomic mass is 10.1. The summed E-state index contributed by atoms with van der Waals surface area (Å²) >= 11 is 0. The highest BCUT2D eigenvalue weighted by molar-refractivity contribution is 5.72. The van der Waals surface area contributed by atoms with E-state index in [-0.39, 0.29) is 18.3 Å². The molecule has 6 heteroatoms. The largest absolute Gasteiger partial charge is 0.469 e. The van der Waals surface area contributed by atoms with Crippen LogP contribution in [0.1, 0.15) is 11.1 Å². The summed E-state index contributed by atoms with van der Waals surface area (Å²) in [6, 6.07) is 7.62. The molecule has 1 aromatic heterocycles. The van der Waals surface area contributed by atoms with E-state index in [0.29, 0.717) is 6.54 Å². The van der Waals surface area contributed by atoms with Crippen LogP contribution in [-0.2, 0) is 22.5 Å². The summed E-state index contributed by atoms with van der Waals surface area (Å²) in [6.07, 6.45) is 1.89. The summed E-state index contributed by atoms with van der Waals surface area (Å²) in [5.74, 6) is 0.0266. The number of benzene rings is 1. The van der Waals surface area contributed by atoms with Gasteiger partial charge in [-0.3, -0.25) is 9.32 Å². The molecule has 18 heavy (non-hydrogen) atoms. The summed E-state index contributed by atoms with van der Waals surface area (Å²) in [4.78, 5) is 11.1. The standard InChI is InChI=1S/C12H14N3O3/c1-17-12(16)6-9-2-4-10(5-3-9)7-15-8-11(13)18-14-15/h2-5,8H,6-7,13H2,1H3/q+1. The molecule has 0 unspecified atom stereocenters. The molecule has 2 aromatic rings. The molecule has 94 valence electrons. The molecule has 0 saturated carbocycles. The van der Waals surface area contributed by atoms with E-state index in [4.69, 9.17) is 10.3 Å². The third-order valence-electron chi connectivity index (χ3n) is 2.47. The first-order valence-corrected chi connectivity index (χ1v) is 5.44. The topological polar surface area (TPSA) is 82.2 Å². The number of ether oxygens (including phenoxy) is 1. The van der Waals surface area contributed by atoms with Gasteiger partial charge in [0.25, 0.3) is 12.1 Å². The van der Waals surface area contributed by atoms with Crippen molar-refractivity contribution in [3.63, 3.8) is 0 Å². The van der Waals surface area contributed by atoms with Gasteiger partial charge in [-0.25, -0.2) is 0 Å². The van der Waals surface area contributed by atoms with Gasteiger partial charge in [-0.2, -0.15) is 0 Å². The minimum atomic E-state index is -0.249. The number of esters is 1. The van der Waals surface area contributed by atoms with Crippen molar-refractivity contribution in [2.24, 2.45) is 0 Å². The third kappa shape index (κ3) is 3.07. The predicted octanol–water partition coefficient (Wildman–Crippen LogP) is 0.308. The lowest BCUT2D eigenvalue weighted by molar-refractivity contribution is -0.754. The summed E-state index contributed by atoms with van der Waals surface area (Å²) < 4.78 is 11.0. The van der Waals surface area contributed by atoms with Gasteiger partial charge in [0.1, 0.15) is 0 Å². The molecular weight excluding hydrogens is 234 g/mol. The van der Waals surface area contributed by atoms with Crippen LogP contribution in [0.5, 0.6) is 0 Å². The second-order valence-electron chi connectivity index (χ2n) is 3.87. The molecule has 0 atom stereocenters. The molecule has 1 heterocycles. The van der Waals surface area contributed by atoms with E-state index < -0.39 is 0 Å². The van der Waals surface area contributed by atoms with Gasteiger partial charge in [0.15, 0.2) is 0 Å². The van der Waals surface area contributed by atoms with E-state index in [1.165, 1.54) is 7.11 Å². The average molecular weight is 248 g/mol. The predicted molar refractivity (Wildman–Crippen MR) is 62.4 cm³/mol. The Morgan fingerprint density at radius 1 is 1.39 bits per heavy atom. The Kier molecular flexibility index (Phi) is 3.57. The number of rotatable bonds is 4. The smallest absolute Gasteiger partial charge is 0.309 e. The van der Waals surface area contributed by atoms with Crippen LogP contribution < -0.4 is 10.4 Å². The maximum atomic E-state index is 11.1. The molecule has 0 fully saturated rings. The summed E-state index contributed by atoms with van der Waals surface area (Å²) in [5, 5.41) is 3.74. The summed E-state index contributed by atoms with van der Waals surface area (Å²) in [5.41, 5.74) is 7.38. The molecule has 0 aliphatic rings. The van der Waals surface area contributed by atoms with E-state index in [0.717, 1.165) is 11.1 Å². The van der Waals surface area contributed by atoms with Gasteiger partial charge in [0.2, 0.25) is 11.8 Å². The van der Waals surface area contributed by atoms with E-state index in [1.54, 1.807) is 10.9 Å². The fraction of sp³-hybridized carbons (Fsp3) is 0.250. The molecule has 0 aliphatic heterocycles. The summed E-state index contributed by atoms with van der Waals surface area (Å²) in [6.45, 7) is 0.569. The number of aromatic nitrogens is 2. The fourth-order valence-electron chi connectivity index (χ4n) is 1.56. The van der Waals surface area contributed by atoms with Crippen molar-refractivity contribution >= 4 is 11.9 Å². The van der Waals surface area contributed by atoms with Crippen molar-refractivity contribution in [2.75, 3.05) is 12.8 Å². The number of anilines is 1. The van der Waals surface area contributed by atoms with E-state index >= 15 is 0 Å². The number of carbonyl (C=O) groups excluding carboxylic acids is 1. The van der Waals surface area contributed by atoms with Crippen LogP contribution in [0.25, 0.3) is 0 Å². The Bertz CT molecular complexity index is 534. The van der Waals surface area contributed by atoms with E-state index in [1.807, 2.05) is 24.3 Å². The second kappa shape index (κ2) is 5.31. The van der Waals surface area contributed by atoms with Gasteiger partial charge < -0.3 is 10.5 Å². The Balaban J connectivity index is 2.01. The van der Waals surface area contributed by atoms with Gasteiger partial charge in [-0.05, 0) is 10.2 Å². The SMILES string of the molecule is COC(=O)Cc1ccc(C[n+]2cc(N)on2)cc1. The Morgan fingerprint density at radius 3 is 2.61 bits per heavy atom. The van der Waals surface area contributed by atoms with Crippen LogP contribution in [0.3, 0.4) is 0 Å². The maximum Gasteiger partial charge on any atom is 0.309 e. The van der Waals surface area contributed by atoms with Crippen LogP contribution in [0, 0.1) is 0 Å². The number of hydrogen-bond acceptors (Lipinski definition) is 5. The van der Waals surface area contributed by atoms with Crippen molar-refractivity contribution in [2.45, 2.75) is 13.0 Å². The molecule has 1 aromatic carbocycles. The molecule has 2 N–H and O–H groups in total. The van der Waals surface area contributed by atoms with Crippen LogP contribution in [0.4, 0.5) is 5.88 Å². The van der Waals surface area contributed by atoms with Crippen molar-refractivity contribution in [3.8, 4) is 0 Å². The van der Waals surface area contributed by atoms with Crippen LogP contribution >= 0.6 is 0 Å². The quantitative estimate of drug-likeness (QED) is 0.622. The molecule has 0 spiro atoms. The van der Waals surface area contributed by atoms with Crippen molar-refractivity contribution in [1.29, 1.82) is 0 Å². The van der Waals surface area contributed by atoms with Crippen molar-refractivity contribution < 1.29 is 18.7 Å². The van der Waals surface area contributed by atoms with Crippen molar-refractivity contribution in [1.82, 2.24) is 5.27 Å². The lowest BCUT2D eigenvalue weighted by Gasteiger charge is -2.00. The Hall–Kier alpha value is -2.37. The van der Waals surface area contributed by atoms with E-state index in [2.05, 4.69) is 10.0 Å². The number of nitrogens with two attached hydrogens (primary N) is 1. The molecule has 6 nitrogen and oxygen atoms in total. The average Bonchev–Trinajstić information content (AvgIpc) is 2.77. The molecule has 0 amide bonds. The van der Waals surface area contributed by atoms with Gasteiger partial charge in [-0.15, -0.1) is 0 Å². The minimum Gasteiger partial charge on any atom is -0.469 e. The third-order valence-corrected chi connectivity index (χ3v) is 2.47. The maximum absolute atomic E-state index is 11.1. The van der Waals surface area contributed by atoms with Crippen LogP contribution in [-0.4, -0.2) is 18.4 Å². The minimum absolute atomic E-state index is 0.249. The van der Waals surface area contributed by atoms with Crippen LogP contribution in [0.2, 0.25) is 0 Å². The molecule has 0 radical (unpaired) electrons. The number of carbonyl (C=O) groups is 1. The van der Waals surface area contributed by atoms with Crippen molar-refractivity contribution in [3.05, 3.63) is 41.6 Å². The van der Waals surface area contributed by atoms with Crippen LogP contribution in [0.15, 0.2) is 35.0 Å². The number of nitrogen functional groups attached to an aromatic ring is 1. The molecular formula is C12H14N3O3+. The zero-order valence-electron chi connectivity index (χ0n) is 10.00. The molecule has 0 saturated heterocycles. The van der Waals surface area contributed by atoms with Gasteiger partial charge >= 0.3 is 5.97 Å². The first-order chi connectivity index (χ1) is 8.67. The number of nitrogens with zero attached hydrogens (tertiary/aromatic N) is 2. The zero-order valence-corrected chi connectivity index (χ0v) is 10.00. The first-order valence-electron chi connectivity index (χ1n) is 5.44. The highest BCUT2D eigenvalue weighted by Crippen LogP contribution is 2.06. The number of methoxy groups -OCH3 is 1. The fourth-order valence-corrected chi connectivity index (χ4v) is 1.56. The molecule has 0 aliphatic carbocycles.